The van der Waals surface area contributed by atoms with Crippen molar-refractivity contribution in [1.29, 1.82) is 0 Å². The van der Waals surface area contributed by atoms with Crippen LogP contribution in [0.15, 0.2) is 53.4 Å². The van der Waals surface area contributed by atoms with E-state index in [9.17, 15) is 13.7 Å². The molecule has 0 spiro atoms. The van der Waals surface area contributed by atoms with Crippen molar-refractivity contribution in [2.75, 3.05) is 13.1 Å². The fraction of sp³-hybridized carbons (Fsp3) is 0.235. The Morgan fingerprint density at radius 1 is 1.26 bits per heavy atom. The second-order valence-electron chi connectivity index (χ2n) is 5.42. The lowest BCUT2D eigenvalue weighted by Crippen LogP contribution is -2.31. The molecule has 3 nitrogen and oxygen atoms in total. The number of amides is 1. The molecule has 0 N–H and O–H groups in total. The molecule has 0 aliphatic carbocycles. The van der Waals surface area contributed by atoms with E-state index in [0.717, 1.165) is 0 Å². The molecule has 2 unspecified atom stereocenters. The first-order valence-electron chi connectivity index (χ1n) is 7.25. The van der Waals surface area contributed by atoms with E-state index in [1.54, 1.807) is 29.2 Å². The predicted octanol–water partition coefficient (Wildman–Crippen LogP) is 3.50. The quantitative estimate of drug-likeness (QED) is 0.794. The largest absolute Gasteiger partial charge is 0.611 e. The van der Waals surface area contributed by atoms with Crippen molar-refractivity contribution in [2.24, 2.45) is 0 Å². The van der Waals surface area contributed by atoms with Crippen molar-refractivity contribution < 1.29 is 13.7 Å². The summed E-state index contributed by atoms with van der Waals surface area (Å²) in [5.41, 5.74) is 0.533. The number of carbonyl (C=O) groups excluding carboxylic acids is 1. The molecular formula is C17H15ClFNO2S. The average molecular weight is 352 g/mol. The van der Waals surface area contributed by atoms with Gasteiger partial charge in [-0.1, -0.05) is 17.7 Å². The Balaban J connectivity index is 1.68. The normalized spacial score (nSPS) is 18.9. The zero-order valence-corrected chi connectivity index (χ0v) is 13.8. The monoisotopic (exact) mass is 351 g/mol. The number of likely N-dealkylation sites (tertiary alicyclic amines) is 1. The minimum Gasteiger partial charge on any atom is -0.611 e. The van der Waals surface area contributed by atoms with Crippen molar-refractivity contribution in [3.05, 3.63) is 64.9 Å². The van der Waals surface area contributed by atoms with Gasteiger partial charge in [0.2, 0.25) is 0 Å². The van der Waals surface area contributed by atoms with E-state index in [-0.39, 0.29) is 17.0 Å². The van der Waals surface area contributed by atoms with Crippen molar-refractivity contribution in [3.63, 3.8) is 0 Å². The van der Waals surface area contributed by atoms with E-state index in [4.69, 9.17) is 11.6 Å². The Morgan fingerprint density at radius 3 is 2.70 bits per heavy atom. The zero-order chi connectivity index (χ0) is 16.4. The molecule has 6 heteroatoms. The lowest BCUT2D eigenvalue weighted by Gasteiger charge is -2.19. The van der Waals surface area contributed by atoms with E-state index in [2.05, 4.69) is 0 Å². The van der Waals surface area contributed by atoms with Crippen molar-refractivity contribution in [1.82, 2.24) is 4.90 Å². The van der Waals surface area contributed by atoms with Crippen LogP contribution in [0.4, 0.5) is 4.39 Å². The molecule has 2 atom stereocenters. The molecule has 2 aromatic rings. The van der Waals surface area contributed by atoms with Crippen molar-refractivity contribution in [3.8, 4) is 0 Å². The first-order chi connectivity index (χ1) is 11.0. The third kappa shape index (κ3) is 3.68. The van der Waals surface area contributed by atoms with Crippen LogP contribution < -0.4 is 0 Å². The standard InChI is InChI=1S/C17H15ClFNO2S/c18-13-3-1-2-12(10-13)17(21)20-9-8-16(11-20)23(22)15-6-4-14(19)5-7-15/h1-7,10,16H,8-9,11H2. The van der Waals surface area contributed by atoms with Gasteiger partial charge in [-0.05, 0) is 53.6 Å². The molecule has 1 heterocycles. The van der Waals surface area contributed by atoms with Crippen LogP contribution in [-0.4, -0.2) is 33.7 Å². The van der Waals surface area contributed by atoms with Gasteiger partial charge in [0.1, 0.15) is 11.1 Å². The topological polar surface area (TPSA) is 43.4 Å². The lowest BCUT2D eigenvalue weighted by molar-refractivity contribution is 0.0793. The third-order valence-corrected chi connectivity index (χ3v) is 5.81. The molecule has 2 aromatic carbocycles. The van der Waals surface area contributed by atoms with Gasteiger partial charge in [0.15, 0.2) is 4.90 Å². The highest BCUT2D eigenvalue weighted by atomic mass is 35.5. The average Bonchev–Trinajstić information content (AvgIpc) is 3.04. The highest BCUT2D eigenvalue weighted by Gasteiger charge is 2.35. The third-order valence-electron chi connectivity index (χ3n) is 3.85. The van der Waals surface area contributed by atoms with E-state index in [0.29, 0.717) is 35.0 Å². The summed E-state index contributed by atoms with van der Waals surface area (Å²) in [6.45, 7) is 0.984. The number of nitrogens with zero attached hydrogens (tertiary/aromatic N) is 1. The van der Waals surface area contributed by atoms with Gasteiger partial charge >= 0.3 is 0 Å². The molecule has 120 valence electrons. The number of hydrogen-bond donors (Lipinski definition) is 0. The summed E-state index contributed by atoms with van der Waals surface area (Å²) in [5, 5.41) is 0.380. The number of carbonyl (C=O) groups is 1. The number of hydrogen-bond acceptors (Lipinski definition) is 2. The Labute approximate surface area is 142 Å². The summed E-state index contributed by atoms with van der Waals surface area (Å²) in [7, 11) is 0. The first kappa shape index (κ1) is 16.3. The molecule has 1 amide bonds. The van der Waals surface area contributed by atoms with Crippen molar-refractivity contribution in [2.45, 2.75) is 16.6 Å². The Morgan fingerprint density at radius 2 is 2.00 bits per heavy atom. The first-order valence-corrected chi connectivity index (χ1v) is 8.84. The molecule has 1 aliphatic heterocycles. The van der Waals surface area contributed by atoms with Crippen LogP contribution in [0.5, 0.6) is 0 Å². The van der Waals surface area contributed by atoms with Gasteiger partial charge in [0.05, 0.1) is 6.54 Å². The maximum Gasteiger partial charge on any atom is 0.254 e. The zero-order valence-electron chi connectivity index (χ0n) is 12.2. The molecule has 3 rings (SSSR count). The van der Waals surface area contributed by atoms with Gasteiger partial charge in [-0.15, -0.1) is 0 Å². The summed E-state index contributed by atoms with van der Waals surface area (Å²) in [6.07, 6.45) is 0.663. The van der Waals surface area contributed by atoms with Crippen LogP contribution in [-0.2, 0) is 11.2 Å². The maximum absolute atomic E-state index is 13.0. The van der Waals surface area contributed by atoms with Crippen LogP contribution in [0.25, 0.3) is 0 Å². The summed E-state index contributed by atoms with van der Waals surface area (Å²) in [4.78, 5) is 14.8. The van der Waals surface area contributed by atoms with E-state index in [1.165, 1.54) is 24.3 Å². The van der Waals surface area contributed by atoms with Gasteiger partial charge in [0, 0.05) is 23.6 Å². The SMILES string of the molecule is O=C(c1cccc(Cl)c1)N1CCC([S+]([O-])c2ccc(F)cc2)C1. The molecule has 1 fully saturated rings. The number of halogens is 2. The minimum absolute atomic E-state index is 0.105. The van der Waals surface area contributed by atoms with E-state index < -0.39 is 11.2 Å². The van der Waals surface area contributed by atoms with Crippen LogP contribution >= 0.6 is 11.6 Å². The van der Waals surface area contributed by atoms with Gasteiger partial charge in [-0.2, -0.15) is 0 Å². The Hall–Kier alpha value is -1.56. The van der Waals surface area contributed by atoms with Crippen LogP contribution in [0.2, 0.25) is 5.02 Å². The minimum atomic E-state index is -1.25. The number of benzene rings is 2. The second kappa shape index (κ2) is 6.91. The second-order valence-corrected chi connectivity index (χ2v) is 7.59. The van der Waals surface area contributed by atoms with Gasteiger partial charge in [0.25, 0.3) is 5.91 Å². The van der Waals surface area contributed by atoms with Gasteiger partial charge in [-0.3, -0.25) is 4.79 Å². The van der Waals surface area contributed by atoms with Gasteiger partial charge in [-0.25, -0.2) is 4.39 Å². The Kier molecular flexibility index (Phi) is 4.90. The molecular weight excluding hydrogens is 337 g/mol. The van der Waals surface area contributed by atoms with Crippen LogP contribution in [0, 0.1) is 5.82 Å². The highest BCUT2D eigenvalue weighted by molar-refractivity contribution is 7.92. The fourth-order valence-corrected chi connectivity index (χ4v) is 4.27. The number of rotatable bonds is 3. The molecule has 23 heavy (non-hydrogen) atoms. The molecule has 1 aliphatic rings. The van der Waals surface area contributed by atoms with E-state index in [1.807, 2.05) is 0 Å². The molecule has 0 bridgehead atoms. The Bertz CT molecular complexity index is 710. The molecule has 0 radical (unpaired) electrons. The van der Waals surface area contributed by atoms with Gasteiger partial charge < -0.3 is 9.45 Å². The summed E-state index contributed by atoms with van der Waals surface area (Å²) < 4.78 is 25.5. The summed E-state index contributed by atoms with van der Waals surface area (Å²) in [5.74, 6) is -0.457. The molecule has 0 aromatic heterocycles. The predicted molar refractivity (Wildman–Crippen MR) is 88.6 cm³/mol. The smallest absolute Gasteiger partial charge is 0.254 e. The molecule has 1 saturated heterocycles. The lowest BCUT2D eigenvalue weighted by atomic mass is 10.2. The molecule has 0 saturated carbocycles. The fourth-order valence-electron chi connectivity index (χ4n) is 2.65. The van der Waals surface area contributed by atoms with E-state index >= 15 is 0 Å². The van der Waals surface area contributed by atoms with Crippen LogP contribution in [0.3, 0.4) is 0 Å². The van der Waals surface area contributed by atoms with Crippen LogP contribution in [0.1, 0.15) is 16.8 Å². The summed E-state index contributed by atoms with van der Waals surface area (Å²) in [6, 6.07) is 12.5. The maximum atomic E-state index is 13.0. The summed E-state index contributed by atoms with van der Waals surface area (Å²) >= 11 is 4.67. The van der Waals surface area contributed by atoms with Crippen molar-refractivity contribution >= 4 is 28.7 Å². The highest BCUT2D eigenvalue weighted by Crippen LogP contribution is 2.25.